The Morgan fingerprint density at radius 2 is 2.44 bits per heavy atom. The van der Waals surface area contributed by atoms with E-state index >= 15 is 0 Å². The average molecular weight is 219 g/mol. The zero-order chi connectivity index (χ0) is 11.0. The van der Waals surface area contributed by atoms with Crippen molar-refractivity contribution in [2.24, 2.45) is 0 Å². The molecule has 0 aliphatic carbocycles. The fourth-order valence-corrected chi connectivity index (χ4v) is 2.25. The summed E-state index contributed by atoms with van der Waals surface area (Å²) in [5.74, 6) is 0.816. The summed E-state index contributed by atoms with van der Waals surface area (Å²) in [4.78, 5) is 6.47. The summed E-state index contributed by atoms with van der Waals surface area (Å²) < 4.78 is 1.84. The van der Waals surface area contributed by atoms with Crippen LogP contribution >= 0.6 is 0 Å². The van der Waals surface area contributed by atoms with E-state index in [-0.39, 0.29) is 12.6 Å². The lowest BCUT2D eigenvalue weighted by Crippen LogP contribution is -2.33. The van der Waals surface area contributed by atoms with Gasteiger partial charge in [0.15, 0.2) is 5.82 Å². The smallest absolute Gasteiger partial charge is 0.203 e. The second kappa shape index (κ2) is 3.71. The van der Waals surface area contributed by atoms with Crippen LogP contribution < -0.4 is 4.90 Å². The topological polar surface area (TPSA) is 66.5 Å². The first-order valence-corrected chi connectivity index (χ1v) is 5.42. The van der Waals surface area contributed by atoms with Gasteiger partial charge in [0.25, 0.3) is 0 Å². The summed E-state index contributed by atoms with van der Waals surface area (Å²) in [6, 6.07) is 0.162. The second-order valence-electron chi connectivity index (χ2n) is 3.98. The van der Waals surface area contributed by atoms with E-state index in [9.17, 15) is 5.11 Å². The van der Waals surface area contributed by atoms with Crippen molar-refractivity contribution in [3.8, 4) is 0 Å². The number of fused-ring (bicyclic) bond motifs is 1. The molecule has 0 saturated carbocycles. The van der Waals surface area contributed by atoms with Crippen molar-refractivity contribution >= 4 is 11.5 Å². The highest BCUT2D eigenvalue weighted by Gasteiger charge is 2.26. The van der Waals surface area contributed by atoms with Gasteiger partial charge in [0.1, 0.15) is 6.33 Å². The van der Waals surface area contributed by atoms with Crippen LogP contribution in [0, 0.1) is 0 Å². The van der Waals surface area contributed by atoms with Crippen LogP contribution in [0.1, 0.15) is 12.8 Å². The van der Waals surface area contributed by atoms with Gasteiger partial charge in [0.2, 0.25) is 5.65 Å². The predicted molar refractivity (Wildman–Crippen MR) is 58.2 cm³/mol. The molecule has 2 aromatic heterocycles. The first-order chi connectivity index (χ1) is 7.90. The highest BCUT2D eigenvalue weighted by molar-refractivity contribution is 5.64. The Morgan fingerprint density at radius 3 is 3.31 bits per heavy atom. The molecule has 16 heavy (non-hydrogen) atoms. The molecule has 6 heteroatoms. The van der Waals surface area contributed by atoms with Gasteiger partial charge in [0, 0.05) is 18.9 Å². The van der Waals surface area contributed by atoms with Crippen LogP contribution in [0.25, 0.3) is 5.65 Å². The summed E-state index contributed by atoms with van der Waals surface area (Å²) in [5, 5.41) is 17.2. The van der Waals surface area contributed by atoms with E-state index in [2.05, 4.69) is 20.1 Å². The van der Waals surface area contributed by atoms with Gasteiger partial charge in [-0.05, 0) is 12.8 Å². The number of hydrogen-bond acceptors (Lipinski definition) is 5. The van der Waals surface area contributed by atoms with Gasteiger partial charge in [-0.1, -0.05) is 0 Å². The van der Waals surface area contributed by atoms with E-state index < -0.39 is 0 Å². The van der Waals surface area contributed by atoms with Crippen LogP contribution in [0.3, 0.4) is 0 Å². The molecule has 1 N–H and O–H groups in total. The lowest BCUT2D eigenvalue weighted by atomic mass is 10.2. The normalized spacial score (nSPS) is 20.8. The van der Waals surface area contributed by atoms with Crippen LogP contribution in [-0.2, 0) is 0 Å². The van der Waals surface area contributed by atoms with Gasteiger partial charge in [0.05, 0.1) is 12.6 Å². The maximum Gasteiger partial charge on any atom is 0.203 e. The van der Waals surface area contributed by atoms with Gasteiger partial charge >= 0.3 is 0 Å². The molecular weight excluding hydrogens is 206 g/mol. The summed E-state index contributed by atoms with van der Waals surface area (Å²) in [6.07, 6.45) is 7.31. The predicted octanol–water partition coefficient (Wildman–Crippen LogP) is 0.0854. The molecule has 1 aliphatic heterocycles. The first-order valence-electron chi connectivity index (χ1n) is 5.42. The van der Waals surface area contributed by atoms with Crippen molar-refractivity contribution in [3.05, 3.63) is 18.7 Å². The molecule has 0 spiro atoms. The Bertz CT molecular complexity index is 497. The van der Waals surface area contributed by atoms with Gasteiger partial charge in [-0.2, -0.15) is 0 Å². The molecule has 0 radical (unpaired) electrons. The van der Waals surface area contributed by atoms with Crippen molar-refractivity contribution in [2.45, 2.75) is 18.9 Å². The zero-order valence-corrected chi connectivity index (χ0v) is 8.82. The second-order valence-corrected chi connectivity index (χ2v) is 3.98. The molecule has 3 heterocycles. The largest absolute Gasteiger partial charge is 0.394 e. The van der Waals surface area contributed by atoms with E-state index in [4.69, 9.17) is 0 Å². The third-order valence-corrected chi connectivity index (χ3v) is 3.06. The Morgan fingerprint density at radius 1 is 1.50 bits per heavy atom. The summed E-state index contributed by atoms with van der Waals surface area (Å²) >= 11 is 0. The molecule has 1 saturated heterocycles. The number of hydrogen-bond donors (Lipinski definition) is 1. The van der Waals surface area contributed by atoms with Gasteiger partial charge in [-0.3, -0.25) is 4.40 Å². The van der Waals surface area contributed by atoms with Crippen LogP contribution in [-0.4, -0.2) is 43.9 Å². The molecule has 1 fully saturated rings. The number of aliphatic hydroxyl groups is 1. The van der Waals surface area contributed by atoms with Crippen LogP contribution in [0.2, 0.25) is 0 Å². The SMILES string of the molecule is OCC1CCCN1c1nccn2cnnc12. The molecule has 0 bridgehead atoms. The number of rotatable bonds is 2. The maximum atomic E-state index is 9.31. The minimum absolute atomic E-state index is 0.162. The van der Waals surface area contributed by atoms with Crippen molar-refractivity contribution in [2.75, 3.05) is 18.1 Å². The van der Waals surface area contributed by atoms with Gasteiger partial charge < -0.3 is 10.0 Å². The van der Waals surface area contributed by atoms with E-state index in [1.54, 1.807) is 12.5 Å². The minimum atomic E-state index is 0.162. The molecule has 1 unspecified atom stereocenters. The Balaban J connectivity index is 2.07. The Kier molecular flexibility index (Phi) is 2.21. The number of aliphatic hydroxyl groups excluding tert-OH is 1. The molecule has 2 aromatic rings. The highest BCUT2D eigenvalue weighted by atomic mass is 16.3. The van der Waals surface area contributed by atoms with E-state index in [1.165, 1.54) is 0 Å². The molecule has 3 rings (SSSR count). The summed E-state index contributed by atoms with van der Waals surface area (Å²) in [7, 11) is 0. The fraction of sp³-hybridized carbons (Fsp3) is 0.500. The van der Waals surface area contributed by atoms with E-state index in [1.807, 2.05) is 10.6 Å². The molecule has 84 valence electrons. The average Bonchev–Trinajstić information content (AvgIpc) is 2.96. The molecule has 1 aliphatic rings. The summed E-state index contributed by atoms with van der Waals surface area (Å²) in [5.41, 5.74) is 0.753. The molecule has 0 aromatic carbocycles. The maximum absolute atomic E-state index is 9.31. The van der Waals surface area contributed by atoms with E-state index in [0.29, 0.717) is 0 Å². The fourth-order valence-electron chi connectivity index (χ4n) is 2.25. The minimum Gasteiger partial charge on any atom is -0.394 e. The van der Waals surface area contributed by atoms with Crippen molar-refractivity contribution in [1.29, 1.82) is 0 Å². The number of anilines is 1. The van der Waals surface area contributed by atoms with Crippen LogP contribution in [0.5, 0.6) is 0 Å². The van der Waals surface area contributed by atoms with Crippen molar-refractivity contribution in [1.82, 2.24) is 19.6 Å². The number of nitrogens with zero attached hydrogens (tertiary/aromatic N) is 5. The summed E-state index contributed by atoms with van der Waals surface area (Å²) in [6.45, 7) is 1.08. The molecule has 0 amide bonds. The zero-order valence-electron chi connectivity index (χ0n) is 8.82. The third-order valence-electron chi connectivity index (χ3n) is 3.06. The quantitative estimate of drug-likeness (QED) is 0.775. The van der Waals surface area contributed by atoms with Crippen molar-refractivity contribution < 1.29 is 5.11 Å². The highest BCUT2D eigenvalue weighted by Crippen LogP contribution is 2.25. The lowest BCUT2D eigenvalue weighted by molar-refractivity contribution is 0.266. The molecular formula is C10H13N5O. The van der Waals surface area contributed by atoms with Crippen LogP contribution in [0.15, 0.2) is 18.7 Å². The Labute approximate surface area is 92.5 Å². The lowest BCUT2D eigenvalue weighted by Gasteiger charge is -2.23. The Hall–Kier alpha value is -1.69. The van der Waals surface area contributed by atoms with Crippen molar-refractivity contribution in [3.63, 3.8) is 0 Å². The van der Waals surface area contributed by atoms with Gasteiger partial charge in [-0.15, -0.1) is 10.2 Å². The van der Waals surface area contributed by atoms with E-state index in [0.717, 1.165) is 30.9 Å². The van der Waals surface area contributed by atoms with Gasteiger partial charge in [-0.25, -0.2) is 4.98 Å². The van der Waals surface area contributed by atoms with Crippen LogP contribution in [0.4, 0.5) is 5.82 Å². The third kappa shape index (κ3) is 1.34. The first kappa shape index (κ1) is 9.53. The monoisotopic (exact) mass is 219 g/mol. The standard InChI is InChI=1S/C10H13N5O/c16-6-8-2-1-4-15(8)9-10-13-12-7-14(10)5-3-11-9/h3,5,7-8,16H,1-2,4,6H2. The molecule has 6 nitrogen and oxygen atoms in total. The number of aromatic nitrogens is 4. The molecule has 1 atom stereocenters.